The van der Waals surface area contributed by atoms with Gasteiger partial charge in [0.15, 0.2) is 0 Å². The highest BCUT2D eigenvalue weighted by Crippen LogP contribution is 2.22. The number of halogens is 1. The van der Waals surface area contributed by atoms with E-state index < -0.39 is 0 Å². The highest BCUT2D eigenvalue weighted by molar-refractivity contribution is 7.80. The highest BCUT2D eigenvalue weighted by Gasteiger charge is 2.06. The van der Waals surface area contributed by atoms with Crippen LogP contribution in [0.1, 0.15) is 10.4 Å². The average molecular weight is 284 g/mol. The number of benzene rings is 1. The first-order chi connectivity index (χ1) is 8.16. The zero-order valence-corrected chi connectivity index (χ0v) is 11.2. The molecule has 0 unspecified atom stereocenters. The molecule has 0 saturated heterocycles. The van der Waals surface area contributed by atoms with Gasteiger partial charge in [-0.15, -0.1) is 11.3 Å². The van der Waals surface area contributed by atoms with Crippen molar-refractivity contribution in [2.24, 2.45) is 5.73 Å². The number of hydrogen-bond donors (Lipinski definition) is 2. The lowest BCUT2D eigenvalue weighted by molar-refractivity contribution is 1.17. The minimum absolute atomic E-state index is 0.355. The smallest absolute Gasteiger partial charge is 0.106 e. The summed E-state index contributed by atoms with van der Waals surface area (Å²) < 4.78 is 0. The first kappa shape index (κ1) is 12.3. The van der Waals surface area contributed by atoms with E-state index in [-0.39, 0.29) is 0 Å². The molecule has 0 atom stereocenters. The molecular formula is C11H10ClN3S2. The summed E-state index contributed by atoms with van der Waals surface area (Å²) in [6.45, 7) is 0.681. The monoisotopic (exact) mass is 283 g/mol. The Morgan fingerprint density at radius 2 is 2.35 bits per heavy atom. The van der Waals surface area contributed by atoms with Gasteiger partial charge in [0.05, 0.1) is 12.1 Å². The van der Waals surface area contributed by atoms with Crippen LogP contribution in [0.15, 0.2) is 29.9 Å². The summed E-state index contributed by atoms with van der Waals surface area (Å²) in [6, 6.07) is 5.41. The Bertz CT molecular complexity index is 526. The molecule has 1 aromatic carbocycles. The van der Waals surface area contributed by atoms with Gasteiger partial charge < -0.3 is 11.1 Å². The zero-order valence-electron chi connectivity index (χ0n) is 8.81. The van der Waals surface area contributed by atoms with Crippen molar-refractivity contribution in [2.75, 3.05) is 5.32 Å². The molecular weight excluding hydrogens is 274 g/mol. The topological polar surface area (TPSA) is 50.9 Å². The normalized spacial score (nSPS) is 10.2. The Morgan fingerprint density at radius 3 is 3.00 bits per heavy atom. The number of thiazole rings is 1. The summed E-state index contributed by atoms with van der Waals surface area (Å²) >= 11 is 12.5. The van der Waals surface area contributed by atoms with Crippen molar-refractivity contribution in [3.05, 3.63) is 45.4 Å². The third kappa shape index (κ3) is 3.15. The largest absolute Gasteiger partial charge is 0.389 e. The van der Waals surface area contributed by atoms with Gasteiger partial charge in [-0.2, -0.15) is 0 Å². The molecule has 0 amide bonds. The first-order valence-electron chi connectivity index (χ1n) is 4.87. The van der Waals surface area contributed by atoms with E-state index in [1.165, 1.54) is 0 Å². The molecule has 2 aromatic rings. The van der Waals surface area contributed by atoms with Crippen molar-refractivity contribution in [1.82, 2.24) is 4.98 Å². The molecule has 0 aliphatic carbocycles. The van der Waals surface area contributed by atoms with Crippen LogP contribution in [0.25, 0.3) is 0 Å². The summed E-state index contributed by atoms with van der Waals surface area (Å²) in [4.78, 5) is 5.50. The molecule has 0 aliphatic rings. The van der Waals surface area contributed by atoms with Crippen LogP contribution in [-0.4, -0.2) is 9.97 Å². The van der Waals surface area contributed by atoms with Gasteiger partial charge in [-0.1, -0.05) is 23.8 Å². The Hall–Kier alpha value is -1.17. The average Bonchev–Trinajstić information content (AvgIpc) is 2.78. The van der Waals surface area contributed by atoms with Crippen LogP contribution in [0.5, 0.6) is 0 Å². The summed E-state index contributed by atoms with van der Waals surface area (Å²) in [5.74, 6) is 0. The Balaban J connectivity index is 2.19. The third-order valence-corrected chi connectivity index (χ3v) is 3.42. The van der Waals surface area contributed by atoms with Crippen molar-refractivity contribution in [3.8, 4) is 0 Å². The number of nitrogens with one attached hydrogen (secondary N) is 1. The number of hydrogen-bond acceptors (Lipinski definition) is 4. The second-order valence-electron chi connectivity index (χ2n) is 3.38. The summed E-state index contributed by atoms with van der Waals surface area (Å²) in [6.07, 6.45) is 1.82. The molecule has 88 valence electrons. The molecule has 2 rings (SSSR count). The van der Waals surface area contributed by atoms with E-state index in [2.05, 4.69) is 10.3 Å². The summed E-state index contributed by atoms with van der Waals surface area (Å²) in [5.41, 5.74) is 9.09. The number of aromatic nitrogens is 1. The van der Waals surface area contributed by atoms with Gasteiger partial charge in [-0.05, 0) is 18.2 Å². The van der Waals surface area contributed by atoms with Crippen molar-refractivity contribution in [3.63, 3.8) is 0 Å². The maximum atomic E-state index is 5.95. The van der Waals surface area contributed by atoms with Crippen molar-refractivity contribution in [2.45, 2.75) is 6.54 Å². The van der Waals surface area contributed by atoms with E-state index >= 15 is 0 Å². The van der Waals surface area contributed by atoms with E-state index in [0.717, 1.165) is 16.1 Å². The molecule has 1 heterocycles. The molecule has 1 aromatic heterocycles. The molecule has 6 heteroatoms. The number of nitrogens with zero attached hydrogens (tertiary/aromatic N) is 1. The van der Waals surface area contributed by atoms with Crippen LogP contribution in [0.3, 0.4) is 0 Å². The number of rotatable bonds is 4. The van der Waals surface area contributed by atoms with Crippen LogP contribution in [0.4, 0.5) is 5.69 Å². The van der Waals surface area contributed by atoms with Crippen molar-refractivity contribution >= 4 is 45.8 Å². The van der Waals surface area contributed by atoms with E-state index in [0.29, 0.717) is 16.6 Å². The lowest BCUT2D eigenvalue weighted by Crippen LogP contribution is -2.13. The number of nitrogens with two attached hydrogens (primary N) is 1. The van der Waals surface area contributed by atoms with Crippen LogP contribution in [0, 0.1) is 0 Å². The lowest BCUT2D eigenvalue weighted by atomic mass is 10.2. The predicted molar refractivity (Wildman–Crippen MR) is 76.8 cm³/mol. The quantitative estimate of drug-likeness (QED) is 0.847. The summed E-state index contributed by atoms with van der Waals surface area (Å²) in [5, 5.41) is 3.91. The van der Waals surface area contributed by atoms with E-state index in [1.54, 1.807) is 22.9 Å². The molecule has 17 heavy (non-hydrogen) atoms. The minimum Gasteiger partial charge on any atom is -0.389 e. The fourth-order valence-corrected chi connectivity index (χ4v) is 2.27. The standard InChI is InChI=1S/C11H10ClN3S2/c12-7-1-2-9(11(13)16)10(3-7)15-5-8-4-14-6-17-8/h1-4,6,15H,5H2,(H2,13,16). The van der Waals surface area contributed by atoms with Crippen molar-refractivity contribution in [1.29, 1.82) is 0 Å². The van der Waals surface area contributed by atoms with Gasteiger partial charge in [0, 0.05) is 27.3 Å². The van der Waals surface area contributed by atoms with Gasteiger partial charge in [0.25, 0.3) is 0 Å². The third-order valence-electron chi connectivity index (χ3n) is 2.18. The van der Waals surface area contributed by atoms with Gasteiger partial charge in [-0.3, -0.25) is 4.98 Å². The number of anilines is 1. The Labute approximate surface area is 114 Å². The molecule has 3 nitrogen and oxygen atoms in total. The second kappa shape index (κ2) is 5.44. The first-order valence-corrected chi connectivity index (χ1v) is 6.54. The maximum Gasteiger partial charge on any atom is 0.106 e. The highest BCUT2D eigenvalue weighted by atomic mass is 35.5. The Kier molecular flexibility index (Phi) is 3.93. The van der Waals surface area contributed by atoms with Gasteiger partial charge >= 0.3 is 0 Å². The van der Waals surface area contributed by atoms with Crippen LogP contribution < -0.4 is 11.1 Å². The van der Waals surface area contributed by atoms with Crippen LogP contribution >= 0.6 is 35.2 Å². The van der Waals surface area contributed by atoms with E-state index in [1.807, 2.05) is 18.3 Å². The van der Waals surface area contributed by atoms with Gasteiger partial charge in [-0.25, -0.2) is 0 Å². The lowest BCUT2D eigenvalue weighted by Gasteiger charge is -2.10. The molecule has 0 radical (unpaired) electrons. The molecule has 0 saturated carbocycles. The van der Waals surface area contributed by atoms with Gasteiger partial charge in [0.1, 0.15) is 4.99 Å². The maximum absolute atomic E-state index is 5.95. The molecule has 3 N–H and O–H groups in total. The fourth-order valence-electron chi connectivity index (χ4n) is 1.39. The van der Waals surface area contributed by atoms with Gasteiger partial charge in [0.2, 0.25) is 0 Å². The second-order valence-corrected chi connectivity index (χ2v) is 5.22. The molecule has 0 spiro atoms. The fraction of sp³-hybridized carbons (Fsp3) is 0.0909. The number of thiocarbonyl (C=S) groups is 1. The molecule has 0 fully saturated rings. The SMILES string of the molecule is NC(=S)c1ccc(Cl)cc1NCc1cncs1. The van der Waals surface area contributed by atoms with Crippen LogP contribution in [0.2, 0.25) is 5.02 Å². The zero-order chi connectivity index (χ0) is 12.3. The minimum atomic E-state index is 0.355. The van der Waals surface area contributed by atoms with E-state index in [4.69, 9.17) is 29.6 Å². The van der Waals surface area contributed by atoms with Crippen LogP contribution in [-0.2, 0) is 6.54 Å². The van der Waals surface area contributed by atoms with E-state index in [9.17, 15) is 0 Å². The molecule has 0 aliphatic heterocycles. The molecule has 0 bridgehead atoms. The summed E-state index contributed by atoms with van der Waals surface area (Å²) in [7, 11) is 0. The Morgan fingerprint density at radius 1 is 1.53 bits per heavy atom. The van der Waals surface area contributed by atoms with Crippen molar-refractivity contribution < 1.29 is 0 Å². The predicted octanol–water partition coefficient (Wildman–Crippen LogP) is 3.04.